The number of thiol groups is 1. The van der Waals surface area contributed by atoms with Crippen molar-refractivity contribution in [1.82, 2.24) is 0 Å². The Labute approximate surface area is 107 Å². The third kappa shape index (κ3) is 9.54. The molecule has 0 aromatic carbocycles. The summed E-state index contributed by atoms with van der Waals surface area (Å²) in [4.78, 5) is 11.0. The van der Waals surface area contributed by atoms with Gasteiger partial charge in [-0.2, -0.15) is 0 Å². The van der Waals surface area contributed by atoms with Crippen molar-refractivity contribution in [3.63, 3.8) is 0 Å². The number of hydrogen-bond donors (Lipinski definition) is 1. The van der Waals surface area contributed by atoms with E-state index in [2.05, 4.69) is 30.9 Å². The number of hydrogen-bond acceptors (Lipinski definition) is 3. The summed E-state index contributed by atoms with van der Waals surface area (Å²) in [5.74, 6) is -0.145. The van der Waals surface area contributed by atoms with Gasteiger partial charge in [0.05, 0.1) is 0 Å². The summed E-state index contributed by atoms with van der Waals surface area (Å²) < 4.78 is 8.48. The van der Waals surface area contributed by atoms with Crippen molar-refractivity contribution in [3.05, 3.63) is 0 Å². The van der Waals surface area contributed by atoms with Crippen LogP contribution < -0.4 is 0 Å². The molecule has 0 aliphatic heterocycles. The first-order valence-corrected chi connectivity index (χ1v) is 13.4. The Bertz CT molecular complexity index is 157. The molecule has 0 heterocycles. The van der Waals surface area contributed by atoms with Gasteiger partial charge in [0.15, 0.2) is 0 Å². The van der Waals surface area contributed by atoms with Gasteiger partial charge in [0.25, 0.3) is 0 Å². The summed E-state index contributed by atoms with van der Waals surface area (Å²) in [5, 5.41) is 0. The Morgan fingerprint density at radius 1 is 1.13 bits per heavy atom. The van der Waals surface area contributed by atoms with E-state index < -0.39 is 19.8 Å². The number of carbonyl (C=O) groups is 1. The van der Waals surface area contributed by atoms with E-state index in [9.17, 15) is 4.79 Å². The van der Waals surface area contributed by atoms with Crippen LogP contribution in [0.2, 0.25) is 13.3 Å². The first kappa shape index (κ1) is 15.6. The maximum atomic E-state index is 11.0. The van der Waals surface area contributed by atoms with Gasteiger partial charge in [-0.15, -0.1) is 0 Å². The van der Waals surface area contributed by atoms with Crippen molar-refractivity contribution in [2.45, 2.75) is 59.3 Å². The quantitative estimate of drug-likeness (QED) is 0.395. The molecule has 0 fully saturated rings. The summed E-state index contributed by atoms with van der Waals surface area (Å²) in [7, 11) is 0. The van der Waals surface area contributed by atoms with E-state index in [1.807, 2.05) is 0 Å². The number of unbranched alkanes of at least 4 members (excludes halogenated alkanes) is 2. The summed E-state index contributed by atoms with van der Waals surface area (Å²) in [6, 6.07) is 0. The van der Waals surface area contributed by atoms with Gasteiger partial charge in [-0.3, -0.25) is 0 Å². The zero-order valence-corrected chi connectivity index (χ0v) is 14.2. The Kier molecular flexibility index (Phi) is 11.6. The van der Waals surface area contributed by atoms with E-state index in [-0.39, 0.29) is 5.97 Å². The molecule has 0 aliphatic carbocycles. The molecule has 0 amide bonds. The van der Waals surface area contributed by atoms with Crippen LogP contribution in [-0.2, 0) is 8.98 Å². The van der Waals surface area contributed by atoms with E-state index in [1.165, 1.54) is 39.0 Å². The van der Waals surface area contributed by atoms with Crippen molar-refractivity contribution in [2.24, 2.45) is 0 Å². The fourth-order valence-corrected chi connectivity index (χ4v) is 11.8. The molecule has 2 nitrogen and oxygen atoms in total. The fourth-order valence-electron chi connectivity index (χ4n) is 1.79. The van der Waals surface area contributed by atoms with Crippen molar-refractivity contribution >= 4 is 38.6 Å². The maximum absolute atomic E-state index is 11.0. The van der Waals surface area contributed by atoms with E-state index in [0.717, 1.165) is 0 Å². The molecule has 15 heavy (non-hydrogen) atoms. The molecule has 0 saturated heterocycles. The second-order valence-electron chi connectivity index (χ2n) is 4.15. The standard InChI is InChI=1S/2C4H9.C3H5O2S.Sn.H/c2*1-3-4-2;1-2-3(4)5-6;;/h2*1,3-4H2,2H3;6H,1-2H2;;. The monoisotopic (exact) mass is 340 g/mol. The van der Waals surface area contributed by atoms with E-state index in [4.69, 9.17) is 0 Å². The summed E-state index contributed by atoms with van der Waals surface area (Å²) in [6.45, 7) is 4.48. The van der Waals surface area contributed by atoms with Crippen LogP contribution >= 0.6 is 12.9 Å². The molecule has 0 rings (SSSR count). The molecule has 0 spiro atoms. The molecule has 4 heteroatoms. The molecule has 90 valence electrons. The van der Waals surface area contributed by atoms with Gasteiger partial charge in [0.1, 0.15) is 0 Å². The third-order valence-electron chi connectivity index (χ3n) is 2.79. The minimum absolute atomic E-state index is 0.145. The number of carbonyl (C=O) groups excluding carboxylic acids is 1. The van der Waals surface area contributed by atoms with Gasteiger partial charge in [-0.25, -0.2) is 0 Å². The van der Waals surface area contributed by atoms with Crippen molar-refractivity contribution in [2.75, 3.05) is 0 Å². The second kappa shape index (κ2) is 11.1. The van der Waals surface area contributed by atoms with Crippen LogP contribution in [0.3, 0.4) is 0 Å². The summed E-state index contributed by atoms with van der Waals surface area (Å²) in [6.07, 6.45) is 5.91. The zero-order valence-electron chi connectivity index (χ0n) is 10.00. The normalized spacial score (nSPS) is 10.7. The average Bonchev–Trinajstić information content (AvgIpc) is 2.27. The second-order valence-corrected chi connectivity index (χ2v) is 14.2. The van der Waals surface area contributed by atoms with Crippen LogP contribution in [0.4, 0.5) is 0 Å². The molecule has 0 atom stereocenters. The Balaban J connectivity index is 3.72. The molecule has 0 unspecified atom stereocenters. The van der Waals surface area contributed by atoms with E-state index in [0.29, 0.717) is 6.42 Å². The zero-order chi connectivity index (χ0) is 11.5. The van der Waals surface area contributed by atoms with Crippen molar-refractivity contribution in [3.8, 4) is 0 Å². The van der Waals surface area contributed by atoms with E-state index >= 15 is 0 Å². The first-order chi connectivity index (χ1) is 7.24. The van der Waals surface area contributed by atoms with Crippen LogP contribution in [0, 0.1) is 0 Å². The number of rotatable bonds is 9. The van der Waals surface area contributed by atoms with Crippen LogP contribution in [0.25, 0.3) is 0 Å². The fraction of sp³-hybridized carbons (Fsp3) is 0.909. The van der Waals surface area contributed by atoms with Crippen LogP contribution in [0.5, 0.6) is 0 Å². The Hall–Kier alpha value is 0.619. The van der Waals surface area contributed by atoms with Gasteiger partial charge in [0, 0.05) is 0 Å². The predicted octanol–water partition coefficient (Wildman–Crippen LogP) is 3.59. The molecular formula is C11H24O2SSn. The summed E-state index contributed by atoms with van der Waals surface area (Å²) in [5.41, 5.74) is 0. The van der Waals surface area contributed by atoms with Gasteiger partial charge in [0.2, 0.25) is 0 Å². The topological polar surface area (TPSA) is 26.3 Å². The van der Waals surface area contributed by atoms with Gasteiger partial charge in [-0.05, 0) is 0 Å². The third-order valence-corrected chi connectivity index (χ3v) is 13.1. The Morgan fingerprint density at radius 2 is 1.67 bits per heavy atom. The van der Waals surface area contributed by atoms with Crippen LogP contribution in [-0.4, -0.2) is 25.7 Å². The molecule has 0 aromatic rings. The van der Waals surface area contributed by atoms with Crippen LogP contribution in [0.15, 0.2) is 0 Å². The SMILES string of the molecule is CCC[CH2][SnH]([CH2]CCC)[CH2]CC(=O)OS. The predicted molar refractivity (Wildman–Crippen MR) is 71.1 cm³/mol. The average molecular weight is 339 g/mol. The van der Waals surface area contributed by atoms with Gasteiger partial charge < -0.3 is 0 Å². The summed E-state index contributed by atoms with van der Waals surface area (Å²) >= 11 is 2.16. The first-order valence-electron chi connectivity index (χ1n) is 6.08. The van der Waals surface area contributed by atoms with E-state index in [1.54, 1.807) is 0 Å². The minimum atomic E-state index is -1.37. The molecular weight excluding hydrogens is 315 g/mol. The molecule has 0 radical (unpaired) electrons. The van der Waals surface area contributed by atoms with Crippen LogP contribution in [0.1, 0.15) is 46.0 Å². The molecule has 0 aromatic heterocycles. The van der Waals surface area contributed by atoms with Crippen molar-refractivity contribution < 1.29 is 8.98 Å². The van der Waals surface area contributed by atoms with Gasteiger partial charge in [-0.1, -0.05) is 0 Å². The Morgan fingerprint density at radius 3 is 2.07 bits per heavy atom. The van der Waals surface area contributed by atoms with Gasteiger partial charge >= 0.3 is 107 Å². The molecule has 0 saturated carbocycles. The molecule has 0 bridgehead atoms. The van der Waals surface area contributed by atoms with Crippen molar-refractivity contribution in [1.29, 1.82) is 0 Å². The molecule has 0 N–H and O–H groups in total. The molecule has 0 aliphatic rings.